The van der Waals surface area contributed by atoms with Gasteiger partial charge in [0.2, 0.25) is 0 Å². The summed E-state index contributed by atoms with van der Waals surface area (Å²) in [5.41, 5.74) is 3.36. The molecule has 0 aliphatic carbocycles. The Bertz CT molecular complexity index is 497. The van der Waals surface area contributed by atoms with Crippen LogP contribution in [0.15, 0.2) is 18.5 Å². The van der Waals surface area contributed by atoms with Gasteiger partial charge in [-0.15, -0.1) is 0 Å². The highest BCUT2D eigenvalue weighted by Gasteiger charge is 2.18. The van der Waals surface area contributed by atoms with Gasteiger partial charge in [0, 0.05) is 25.9 Å². The van der Waals surface area contributed by atoms with Crippen LogP contribution < -0.4 is 5.32 Å². The molecule has 0 bridgehead atoms. The predicted molar refractivity (Wildman–Crippen MR) is 66.7 cm³/mol. The summed E-state index contributed by atoms with van der Waals surface area (Å²) in [5, 5.41) is 12.1. The molecule has 0 saturated heterocycles. The number of hydrogen-bond donors (Lipinski definition) is 1. The molecule has 5 heteroatoms. The van der Waals surface area contributed by atoms with Gasteiger partial charge in [-0.1, -0.05) is 6.92 Å². The molecule has 0 aromatic carbocycles. The molecular formula is C12H19N5. The highest BCUT2D eigenvalue weighted by atomic mass is 15.3. The average molecular weight is 233 g/mol. The zero-order valence-electron chi connectivity index (χ0n) is 10.8. The Morgan fingerprint density at radius 3 is 2.65 bits per heavy atom. The minimum Gasteiger partial charge on any atom is -0.305 e. The monoisotopic (exact) mass is 233 g/mol. The topological polar surface area (TPSA) is 47.7 Å². The lowest BCUT2D eigenvalue weighted by Crippen LogP contribution is -2.23. The second-order valence-electron chi connectivity index (χ2n) is 4.27. The molecule has 1 unspecified atom stereocenters. The summed E-state index contributed by atoms with van der Waals surface area (Å²) < 4.78 is 3.75. The SMILES string of the molecule is CCNC(c1cnn(C)c1)c1cc(C)nn1C. The third kappa shape index (κ3) is 2.39. The minimum atomic E-state index is 0.153. The molecule has 2 aromatic rings. The molecule has 0 aliphatic rings. The van der Waals surface area contributed by atoms with E-state index in [-0.39, 0.29) is 6.04 Å². The van der Waals surface area contributed by atoms with Crippen LogP contribution in [0, 0.1) is 6.92 Å². The molecule has 17 heavy (non-hydrogen) atoms. The predicted octanol–water partition coefficient (Wildman–Crippen LogP) is 1.16. The fraction of sp³-hybridized carbons (Fsp3) is 0.500. The van der Waals surface area contributed by atoms with Gasteiger partial charge in [0.1, 0.15) is 0 Å². The van der Waals surface area contributed by atoms with E-state index in [2.05, 4.69) is 28.5 Å². The highest BCUT2D eigenvalue weighted by Crippen LogP contribution is 2.21. The van der Waals surface area contributed by atoms with Crippen molar-refractivity contribution in [1.29, 1.82) is 0 Å². The maximum absolute atomic E-state index is 4.40. The van der Waals surface area contributed by atoms with E-state index in [0.717, 1.165) is 23.5 Å². The molecule has 2 heterocycles. The number of nitrogens with one attached hydrogen (secondary N) is 1. The van der Waals surface area contributed by atoms with Crippen LogP contribution in [-0.4, -0.2) is 26.1 Å². The fourth-order valence-electron chi connectivity index (χ4n) is 2.09. The molecule has 0 spiro atoms. The molecule has 1 N–H and O–H groups in total. The Balaban J connectivity index is 2.38. The van der Waals surface area contributed by atoms with Gasteiger partial charge in [-0.25, -0.2) is 0 Å². The van der Waals surface area contributed by atoms with Crippen LogP contribution >= 0.6 is 0 Å². The van der Waals surface area contributed by atoms with Crippen molar-refractivity contribution in [2.75, 3.05) is 6.54 Å². The first-order valence-electron chi connectivity index (χ1n) is 5.84. The fourth-order valence-corrected chi connectivity index (χ4v) is 2.09. The van der Waals surface area contributed by atoms with Gasteiger partial charge in [-0.2, -0.15) is 10.2 Å². The maximum atomic E-state index is 4.40. The Morgan fingerprint density at radius 2 is 2.18 bits per heavy atom. The third-order valence-electron chi connectivity index (χ3n) is 2.80. The van der Waals surface area contributed by atoms with E-state index in [1.807, 2.05) is 42.8 Å². The van der Waals surface area contributed by atoms with Crippen LogP contribution in [0.1, 0.15) is 29.9 Å². The maximum Gasteiger partial charge on any atom is 0.0778 e. The van der Waals surface area contributed by atoms with Crippen LogP contribution in [0.5, 0.6) is 0 Å². The lowest BCUT2D eigenvalue weighted by molar-refractivity contribution is 0.571. The average Bonchev–Trinajstić information content (AvgIpc) is 2.82. The van der Waals surface area contributed by atoms with E-state index in [0.29, 0.717) is 0 Å². The molecule has 0 radical (unpaired) electrons. The van der Waals surface area contributed by atoms with Crippen LogP contribution in [0.4, 0.5) is 0 Å². The van der Waals surface area contributed by atoms with Gasteiger partial charge in [-0.3, -0.25) is 9.36 Å². The van der Waals surface area contributed by atoms with Crippen molar-refractivity contribution < 1.29 is 0 Å². The van der Waals surface area contributed by atoms with Gasteiger partial charge in [0.15, 0.2) is 0 Å². The second kappa shape index (κ2) is 4.71. The lowest BCUT2D eigenvalue weighted by atomic mass is 10.1. The van der Waals surface area contributed by atoms with Crippen LogP contribution in [0.2, 0.25) is 0 Å². The zero-order valence-corrected chi connectivity index (χ0v) is 10.8. The minimum absolute atomic E-state index is 0.153. The summed E-state index contributed by atoms with van der Waals surface area (Å²) in [7, 11) is 3.91. The summed E-state index contributed by atoms with van der Waals surface area (Å²) in [6, 6.07) is 2.26. The number of aryl methyl sites for hydroxylation is 3. The molecule has 5 nitrogen and oxygen atoms in total. The van der Waals surface area contributed by atoms with Gasteiger partial charge < -0.3 is 5.32 Å². The van der Waals surface area contributed by atoms with Crippen LogP contribution in [0.25, 0.3) is 0 Å². The normalized spacial score (nSPS) is 12.9. The van der Waals surface area contributed by atoms with Crippen LogP contribution in [0.3, 0.4) is 0 Å². The van der Waals surface area contributed by atoms with Crippen molar-refractivity contribution in [2.24, 2.45) is 14.1 Å². The van der Waals surface area contributed by atoms with E-state index < -0.39 is 0 Å². The summed E-state index contributed by atoms with van der Waals surface area (Å²) in [6.45, 7) is 5.02. The van der Waals surface area contributed by atoms with Crippen molar-refractivity contribution >= 4 is 0 Å². The molecule has 2 aromatic heterocycles. The lowest BCUT2D eigenvalue weighted by Gasteiger charge is -2.16. The van der Waals surface area contributed by atoms with E-state index in [1.54, 1.807) is 0 Å². The van der Waals surface area contributed by atoms with Gasteiger partial charge in [0.25, 0.3) is 0 Å². The van der Waals surface area contributed by atoms with Crippen molar-refractivity contribution in [3.05, 3.63) is 35.4 Å². The van der Waals surface area contributed by atoms with Crippen LogP contribution in [-0.2, 0) is 14.1 Å². The molecule has 0 fully saturated rings. The molecule has 2 rings (SSSR count). The third-order valence-corrected chi connectivity index (χ3v) is 2.80. The van der Waals surface area contributed by atoms with E-state index in [4.69, 9.17) is 0 Å². The number of nitrogens with zero attached hydrogens (tertiary/aromatic N) is 4. The Morgan fingerprint density at radius 1 is 1.41 bits per heavy atom. The van der Waals surface area contributed by atoms with Crippen molar-refractivity contribution in [2.45, 2.75) is 19.9 Å². The first-order valence-corrected chi connectivity index (χ1v) is 5.84. The van der Waals surface area contributed by atoms with E-state index >= 15 is 0 Å². The molecule has 0 saturated carbocycles. The van der Waals surface area contributed by atoms with Crippen molar-refractivity contribution in [3.8, 4) is 0 Å². The van der Waals surface area contributed by atoms with Gasteiger partial charge in [0.05, 0.1) is 23.6 Å². The Kier molecular flexibility index (Phi) is 3.28. The van der Waals surface area contributed by atoms with Crippen molar-refractivity contribution in [1.82, 2.24) is 24.9 Å². The number of aromatic nitrogens is 4. The standard InChI is InChI=1S/C12H19N5/c1-5-13-12(10-7-14-16(3)8-10)11-6-9(2)15-17(11)4/h6-8,12-13H,5H2,1-4H3. The molecule has 1 atom stereocenters. The van der Waals surface area contributed by atoms with Gasteiger partial charge in [-0.05, 0) is 19.5 Å². The summed E-state index contributed by atoms with van der Waals surface area (Å²) >= 11 is 0. The first kappa shape index (κ1) is 11.9. The Labute approximate surface area is 101 Å². The summed E-state index contributed by atoms with van der Waals surface area (Å²) in [4.78, 5) is 0. The number of rotatable bonds is 4. The first-order chi connectivity index (χ1) is 8.11. The molecular weight excluding hydrogens is 214 g/mol. The Hall–Kier alpha value is -1.62. The van der Waals surface area contributed by atoms with Crippen molar-refractivity contribution in [3.63, 3.8) is 0 Å². The smallest absolute Gasteiger partial charge is 0.0778 e. The van der Waals surface area contributed by atoms with E-state index in [9.17, 15) is 0 Å². The largest absolute Gasteiger partial charge is 0.305 e. The summed E-state index contributed by atoms with van der Waals surface area (Å²) in [6.07, 6.45) is 3.94. The summed E-state index contributed by atoms with van der Waals surface area (Å²) in [5.74, 6) is 0. The van der Waals surface area contributed by atoms with E-state index in [1.165, 1.54) is 0 Å². The van der Waals surface area contributed by atoms with Gasteiger partial charge >= 0.3 is 0 Å². The molecule has 0 aliphatic heterocycles. The highest BCUT2D eigenvalue weighted by molar-refractivity contribution is 5.25. The zero-order chi connectivity index (χ0) is 12.4. The second-order valence-corrected chi connectivity index (χ2v) is 4.27. The number of hydrogen-bond acceptors (Lipinski definition) is 3. The quantitative estimate of drug-likeness (QED) is 0.862. The molecule has 0 amide bonds. The molecule has 92 valence electrons.